The Bertz CT molecular complexity index is 3370. The summed E-state index contributed by atoms with van der Waals surface area (Å²) in [6.07, 6.45) is 0. The van der Waals surface area contributed by atoms with Crippen LogP contribution < -0.4 is 0 Å². The number of hydrogen-bond donors (Lipinski definition) is 0. The fraction of sp³-hybridized carbons (Fsp3) is 0. The van der Waals surface area contributed by atoms with Gasteiger partial charge in [0.05, 0.1) is 38.6 Å². The number of benzene rings is 8. The van der Waals surface area contributed by atoms with Gasteiger partial charge in [-0.25, -0.2) is 9.97 Å². The summed E-state index contributed by atoms with van der Waals surface area (Å²) in [6, 6.07) is 56.8. The molecule has 0 aliphatic carbocycles. The Hall–Kier alpha value is -6.78. The molecule has 12 rings (SSSR count). The van der Waals surface area contributed by atoms with Gasteiger partial charge in [0.1, 0.15) is 5.69 Å². The van der Waals surface area contributed by atoms with Crippen molar-refractivity contribution < 1.29 is 0 Å². The summed E-state index contributed by atoms with van der Waals surface area (Å²) in [5.74, 6) is 0.830. The topological polar surface area (TPSA) is 35.1 Å². The van der Waals surface area contributed by atoms with Gasteiger partial charge >= 0.3 is 0 Å². The van der Waals surface area contributed by atoms with E-state index in [0.717, 1.165) is 49.9 Å². The highest BCUT2D eigenvalue weighted by Gasteiger charge is 2.26. The standard InChI is InChI=1S/C46H26N4/c1-2-13-28(14-3-1)42-46(48-43-30-16-6-4-12-27(30)24-25-36(43)47-42)50-39-23-11-22-38-41(39)40-35(26-29-15-5-7-17-31(29)45(40)50)34-20-10-19-33-32-18-8-9-21-37(32)49(38)44(33)34/h1-26H. The first-order valence-electron chi connectivity index (χ1n) is 17.1. The first-order chi connectivity index (χ1) is 24.8. The molecule has 0 saturated heterocycles. The largest absolute Gasteiger partial charge is 0.308 e. The number of nitrogens with zero attached hydrogens (tertiary/aromatic N) is 4. The zero-order valence-electron chi connectivity index (χ0n) is 26.8. The summed E-state index contributed by atoms with van der Waals surface area (Å²) >= 11 is 0. The first kappa shape index (κ1) is 26.2. The third-order valence-corrected chi connectivity index (χ3v) is 10.8. The van der Waals surface area contributed by atoms with Crippen molar-refractivity contribution in [2.45, 2.75) is 0 Å². The van der Waals surface area contributed by atoms with E-state index in [9.17, 15) is 0 Å². The molecule has 0 aliphatic heterocycles. The number of rotatable bonds is 2. The highest BCUT2D eigenvalue weighted by atomic mass is 15.1. The lowest BCUT2D eigenvalue weighted by atomic mass is 9.99. The molecule has 0 atom stereocenters. The maximum absolute atomic E-state index is 5.65. The molecule has 0 amide bonds. The highest BCUT2D eigenvalue weighted by molar-refractivity contribution is 6.35. The van der Waals surface area contributed by atoms with Gasteiger partial charge in [-0.15, -0.1) is 0 Å². The van der Waals surface area contributed by atoms with E-state index in [0.29, 0.717) is 0 Å². The minimum Gasteiger partial charge on any atom is -0.308 e. The minimum atomic E-state index is 0.830. The van der Waals surface area contributed by atoms with Crippen LogP contribution in [0.25, 0.3) is 110 Å². The average Bonchev–Trinajstić information content (AvgIpc) is 3.67. The van der Waals surface area contributed by atoms with Crippen molar-refractivity contribution in [3.63, 3.8) is 0 Å². The Kier molecular flexibility index (Phi) is 4.94. The van der Waals surface area contributed by atoms with Crippen LogP contribution in [0.3, 0.4) is 0 Å². The van der Waals surface area contributed by atoms with E-state index in [1.165, 1.54) is 59.6 Å². The van der Waals surface area contributed by atoms with Crippen LogP contribution in [0.1, 0.15) is 0 Å². The molecule has 4 heteroatoms. The van der Waals surface area contributed by atoms with Crippen LogP contribution in [0.15, 0.2) is 158 Å². The Morgan fingerprint density at radius 2 is 1.06 bits per heavy atom. The summed E-state index contributed by atoms with van der Waals surface area (Å²) in [5.41, 5.74) is 9.59. The summed E-state index contributed by atoms with van der Waals surface area (Å²) in [5, 5.41) is 12.1. The van der Waals surface area contributed by atoms with Crippen LogP contribution in [0.2, 0.25) is 0 Å². The normalized spacial score (nSPS) is 12.4. The fourth-order valence-corrected chi connectivity index (χ4v) is 8.74. The molecule has 0 bridgehead atoms. The van der Waals surface area contributed by atoms with E-state index in [2.05, 4.69) is 167 Å². The van der Waals surface area contributed by atoms with Crippen molar-refractivity contribution in [1.29, 1.82) is 0 Å². The van der Waals surface area contributed by atoms with Crippen molar-refractivity contribution in [1.82, 2.24) is 18.9 Å². The van der Waals surface area contributed by atoms with Crippen molar-refractivity contribution >= 4 is 92.5 Å². The molecule has 0 aliphatic rings. The van der Waals surface area contributed by atoms with Gasteiger partial charge in [-0.3, -0.25) is 4.57 Å². The van der Waals surface area contributed by atoms with Gasteiger partial charge in [0.2, 0.25) is 0 Å². The third-order valence-electron chi connectivity index (χ3n) is 10.8. The lowest BCUT2D eigenvalue weighted by Gasteiger charge is -2.16. The molecule has 0 radical (unpaired) electrons. The Labute approximate surface area is 285 Å². The highest BCUT2D eigenvalue weighted by Crippen LogP contribution is 2.47. The zero-order valence-corrected chi connectivity index (χ0v) is 26.8. The van der Waals surface area contributed by atoms with Crippen LogP contribution >= 0.6 is 0 Å². The van der Waals surface area contributed by atoms with Crippen LogP contribution in [0.4, 0.5) is 0 Å². The van der Waals surface area contributed by atoms with Gasteiger partial charge in [-0.1, -0.05) is 127 Å². The maximum Gasteiger partial charge on any atom is 0.165 e. The number of hydrogen-bond acceptors (Lipinski definition) is 2. The number of fused-ring (bicyclic) bond motifs is 10. The van der Waals surface area contributed by atoms with Crippen molar-refractivity contribution in [3.05, 3.63) is 158 Å². The molecule has 0 unspecified atom stereocenters. The quantitative estimate of drug-likeness (QED) is 0.177. The lowest BCUT2D eigenvalue weighted by Crippen LogP contribution is -2.04. The van der Waals surface area contributed by atoms with Crippen LogP contribution in [0, 0.1) is 0 Å². The number of para-hydroxylation sites is 2. The molecule has 230 valence electrons. The molecule has 4 nitrogen and oxygen atoms in total. The van der Waals surface area contributed by atoms with E-state index in [1.807, 2.05) is 0 Å². The van der Waals surface area contributed by atoms with E-state index >= 15 is 0 Å². The molecule has 4 heterocycles. The van der Waals surface area contributed by atoms with Crippen LogP contribution in [0.5, 0.6) is 0 Å². The van der Waals surface area contributed by atoms with Gasteiger partial charge in [0.15, 0.2) is 5.82 Å². The Morgan fingerprint density at radius 3 is 1.94 bits per heavy atom. The van der Waals surface area contributed by atoms with Gasteiger partial charge in [-0.05, 0) is 46.5 Å². The predicted molar refractivity (Wildman–Crippen MR) is 209 cm³/mol. The smallest absolute Gasteiger partial charge is 0.165 e. The molecular weight excluding hydrogens is 609 g/mol. The molecule has 8 aromatic carbocycles. The Balaban J connectivity index is 1.40. The van der Waals surface area contributed by atoms with Crippen molar-refractivity contribution in [2.24, 2.45) is 0 Å². The molecular formula is C46H26N4. The Morgan fingerprint density at radius 1 is 0.400 bits per heavy atom. The van der Waals surface area contributed by atoms with Crippen LogP contribution in [-0.2, 0) is 0 Å². The second-order valence-corrected chi connectivity index (χ2v) is 13.3. The van der Waals surface area contributed by atoms with Crippen molar-refractivity contribution in [3.8, 4) is 17.1 Å². The van der Waals surface area contributed by atoms with Gasteiger partial charge in [0, 0.05) is 43.3 Å². The summed E-state index contributed by atoms with van der Waals surface area (Å²) < 4.78 is 4.90. The summed E-state index contributed by atoms with van der Waals surface area (Å²) in [4.78, 5) is 11.1. The minimum absolute atomic E-state index is 0.830. The third kappa shape index (κ3) is 3.25. The molecule has 0 spiro atoms. The molecule has 0 fully saturated rings. The van der Waals surface area contributed by atoms with Crippen LogP contribution in [-0.4, -0.2) is 18.9 Å². The fourth-order valence-electron chi connectivity index (χ4n) is 8.74. The second-order valence-electron chi connectivity index (χ2n) is 13.3. The summed E-state index contributed by atoms with van der Waals surface area (Å²) in [7, 11) is 0. The predicted octanol–water partition coefficient (Wildman–Crippen LogP) is 11.9. The molecule has 0 N–H and O–H groups in total. The lowest BCUT2D eigenvalue weighted by molar-refractivity contribution is 1.09. The first-order valence-corrected chi connectivity index (χ1v) is 17.1. The maximum atomic E-state index is 5.65. The van der Waals surface area contributed by atoms with E-state index < -0.39 is 0 Å². The molecule has 12 aromatic rings. The molecule has 4 aromatic heterocycles. The van der Waals surface area contributed by atoms with E-state index in [-0.39, 0.29) is 0 Å². The average molecular weight is 635 g/mol. The zero-order chi connectivity index (χ0) is 32.5. The molecule has 50 heavy (non-hydrogen) atoms. The van der Waals surface area contributed by atoms with Gasteiger partial charge in [-0.2, -0.15) is 0 Å². The SMILES string of the molecule is c1ccc(-c2nc3ccc4ccccc4c3nc2-n2c3cccc4c3c3c(cc5ccccc5c32)c2cccc3c5ccccc5n4c23)cc1. The monoisotopic (exact) mass is 634 g/mol. The summed E-state index contributed by atoms with van der Waals surface area (Å²) in [6.45, 7) is 0. The van der Waals surface area contributed by atoms with E-state index in [1.54, 1.807) is 0 Å². The van der Waals surface area contributed by atoms with Gasteiger partial charge in [0.25, 0.3) is 0 Å². The van der Waals surface area contributed by atoms with Gasteiger partial charge < -0.3 is 4.40 Å². The second kappa shape index (κ2) is 9.43. The molecule has 0 saturated carbocycles. The van der Waals surface area contributed by atoms with E-state index in [4.69, 9.17) is 9.97 Å². The number of aromatic nitrogens is 4. The van der Waals surface area contributed by atoms with Crippen molar-refractivity contribution in [2.75, 3.05) is 0 Å².